The van der Waals surface area contributed by atoms with Crippen molar-refractivity contribution < 1.29 is 4.43 Å². The molecule has 0 radical (unpaired) electrons. The summed E-state index contributed by atoms with van der Waals surface area (Å²) in [6.07, 6.45) is 3.51. The maximum absolute atomic E-state index is 5.73. The molecule has 2 nitrogen and oxygen atoms in total. The van der Waals surface area contributed by atoms with E-state index in [0.717, 1.165) is 11.3 Å². The van der Waals surface area contributed by atoms with Gasteiger partial charge in [0.15, 0.2) is 0 Å². The molecule has 0 aliphatic rings. The highest BCUT2D eigenvalue weighted by molar-refractivity contribution is 6.70. The molecule has 0 aliphatic carbocycles. The Labute approximate surface area is 80.4 Å². The number of pyridine rings is 1. The lowest BCUT2D eigenvalue weighted by Gasteiger charge is -2.20. The van der Waals surface area contributed by atoms with Gasteiger partial charge in [0.1, 0.15) is 5.76 Å². The molecule has 0 saturated heterocycles. The summed E-state index contributed by atoms with van der Waals surface area (Å²) < 4.78 is 5.73. The molecule has 70 valence electrons. The van der Waals surface area contributed by atoms with Crippen LogP contribution in [0.25, 0.3) is 5.76 Å². The van der Waals surface area contributed by atoms with E-state index in [0.29, 0.717) is 0 Å². The average Bonchev–Trinajstić information content (AvgIpc) is 2.03. The van der Waals surface area contributed by atoms with Crippen LogP contribution in [-0.2, 0) is 4.43 Å². The lowest BCUT2D eigenvalue weighted by Crippen LogP contribution is -2.24. The van der Waals surface area contributed by atoms with E-state index in [1.807, 2.05) is 12.1 Å². The van der Waals surface area contributed by atoms with Gasteiger partial charge in [0.25, 0.3) is 0 Å². The Morgan fingerprint density at radius 1 is 1.46 bits per heavy atom. The quantitative estimate of drug-likeness (QED) is 0.544. The van der Waals surface area contributed by atoms with Gasteiger partial charge in [-0.25, -0.2) is 0 Å². The number of rotatable bonds is 3. The van der Waals surface area contributed by atoms with Crippen molar-refractivity contribution >= 4 is 14.1 Å². The van der Waals surface area contributed by atoms with Crippen LogP contribution >= 0.6 is 0 Å². The third-order valence-corrected chi connectivity index (χ3v) is 2.27. The first kappa shape index (κ1) is 9.99. The van der Waals surface area contributed by atoms with E-state index in [1.54, 1.807) is 12.4 Å². The molecule has 1 rings (SSSR count). The number of aromatic nitrogens is 1. The third kappa shape index (κ3) is 3.42. The standard InChI is InChI=1S/C10H15NOSi/c1-9(12-13(2,3)4)10-6-5-7-11-8-10/h5-8H,1H2,2-4H3. The predicted molar refractivity (Wildman–Crippen MR) is 57.7 cm³/mol. The second-order valence-electron chi connectivity index (χ2n) is 3.88. The average molecular weight is 193 g/mol. The summed E-state index contributed by atoms with van der Waals surface area (Å²) in [6.45, 7) is 10.3. The van der Waals surface area contributed by atoms with Gasteiger partial charge in [-0.15, -0.1) is 0 Å². The normalized spacial score (nSPS) is 11.0. The van der Waals surface area contributed by atoms with Gasteiger partial charge in [-0.05, 0) is 31.8 Å². The minimum atomic E-state index is -1.53. The van der Waals surface area contributed by atoms with Gasteiger partial charge < -0.3 is 4.43 Å². The van der Waals surface area contributed by atoms with Crippen LogP contribution < -0.4 is 0 Å². The molecule has 13 heavy (non-hydrogen) atoms. The van der Waals surface area contributed by atoms with Gasteiger partial charge in [-0.1, -0.05) is 6.58 Å². The molecule has 1 aromatic rings. The van der Waals surface area contributed by atoms with Crippen molar-refractivity contribution in [3.8, 4) is 0 Å². The predicted octanol–water partition coefficient (Wildman–Crippen LogP) is 2.90. The van der Waals surface area contributed by atoms with Crippen molar-refractivity contribution in [1.29, 1.82) is 0 Å². The van der Waals surface area contributed by atoms with Crippen molar-refractivity contribution in [2.24, 2.45) is 0 Å². The lowest BCUT2D eigenvalue weighted by atomic mass is 10.3. The van der Waals surface area contributed by atoms with Gasteiger partial charge in [0, 0.05) is 18.0 Å². The molecule has 0 bridgehead atoms. The van der Waals surface area contributed by atoms with Crippen LogP contribution in [0.2, 0.25) is 19.6 Å². The minimum absolute atomic E-state index is 0.729. The van der Waals surface area contributed by atoms with E-state index in [-0.39, 0.29) is 0 Å². The lowest BCUT2D eigenvalue weighted by molar-refractivity contribution is 0.516. The van der Waals surface area contributed by atoms with Gasteiger partial charge in [0.2, 0.25) is 8.32 Å². The van der Waals surface area contributed by atoms with Crippen LogP contribution in [0.3, 0.4) is 0 Å². The highest BCUT2D eigenvalue weighted by Crippen LogP contribution is 2.17. The van der Waals surface area contributed by atoms with Crippen LogP contribution in [0.15, 0.2) is 31.1 Å². The summed E-state index contributed by atoms with van der Waals surface area (Å²) in [7, 11) is -1.53. The minimum Gasteiger partial charge on any atom is -0.544 e. The Balaban J connectivity index is 2.71. The first-order chi connectivity index (χ1) is 5.99. The molecule has 0 unspecified atom stereocenters. The molecular formula is C10H15NOSi. The molecule has 0 amide bonds. The Bertz CT molecular complexity index is 290. The van der Waals surface area contributed by atoms with E-state index < -0.39 is 8.32 Å². The van der Waals surface area contributed by atoms with E-state index in [1.165, 1.54) is 0 Å². The second kappa shape index (κ2) is 3.74. The largest absolute Gasteiger partial charge is 0.544 e. The zero-order valence-electron chi connectivity index (χ0n) is 8.37. The van der Waals surface area contributed by atoms with Gasteiger partial charge in [-0.2, -0.15) is 0 Å². The van der Waals surface area contributed by atoms with E-state index in [4.69, 9.17) is 4.43 Å². The highest BCUT2D eigenvalue weighted by Gasteiger charge is 2.17. The first-order valence-electron chi connectivity index (χ1n) is 4.27. The summed E-state index contributed by atoms with van der Waals surface area (Å²) in [5.74, 6) is 0.729. The Hall–Kier alpha value is -1.09. The summed E-state index contributed by atoms with van der Waals surface area (Å²) in [6, 6.07) is 3.84. The number of hydrogen-bond acceptors (Lipinski definition) is 2. The molecule has 0 fully saturated rings. The molecule has 0 spiro atoms. The SMILES string of the molecule is C=C(O[Si](C)(C)C)c1cccnc1. The summed E-state index contributed by atoms with van der Waals surface area (Å²) in [5.41, 5.74) is 0.963. The van der Waals surface area contributed by atoms with Gasteiger partial charge in [0.05, 0.1) is 0 Å². The van der Waals surface area contributed by atoms with Gasteiger partial charge in [-0.3, -0.25) is 4.98 Å². The highest BCUT2D eigenvalue weighted by atomic mass is 28.4. The fraction of sp³-hybridized carbons (Fsp3) is 0.300. The maximum atomic E-state index is 5.73. The van der Waals surface area contributed by atoms with E-state index in [9.17, 15) is 0 Å². The zero-order valence-corrected chi connectivity index (χ0v) is 9.37. The van der Waals surface area contributed by atoms with Crippen LogP contribution in [0.4, 0.5) is 0 Å². The molecular weight excluding hydrogens is 178 g/mol. The van der Waals surface area contributed by atoms with Crippen LogP contribution in [0.1, 0.15) is 5.56 Å². The Morgan fingerprint density at radius 3 is 2.62 bits per heavy atom. The molecule has 0 atom stereocenters. The molecule has 0 saturated carbocycles. The zero-order chi connectivity index (χ0) is 9.90. The molecule has 0 N–H and O–H groups in total. The summed E-state index contributed by atoms with van der Waals surface area (Å²) in [4.78, 5) is 4.01. The molecule has 1 heterocycles. The molecule has 1 aromatic heterocycles. The summed E-state index contributed by atoms with van der Waals surface area (Å²) in [5, 5.41) is 0. The van der Waals surface area contributed by atoms with Crippen LogP contribution in [-0.4, -0.2) is 13.3 Å². The number of hydrogen-bond donors (Lipinski definition) is 0. The van der Waals surface area contributed by atoms with E-state index >= 15 is 0 Å². The number of nitrogens with zero attached hydrogens (tertiary/aromatic N) is 1. The van der Waals surface area contributed by atoms with Crippen molar-refractivity contribution in [2.45, 2.75) is 19.6 Å². The smallest absolute Gasteiger partial charge is 0.242 e. The topological polar surface area (TPSA) is 22.1 Å². The van der Waals surface area contributed by atoms with Crippen LogP contribution in [0.5, 0.6) is 0 Å². The fourth-order valence-electron chi connectivity index (χ4n) is 0.956. The molecule has 3 heteroatoms. The Kier molecular flexibility index (Phi) is 2.88. The van der Waals surface area contributed by atoms with E-state index in [2.05, 4.69) is 31.2 Å². The maximum Gasteiger partial charge on any atom is 0.242 e. The van der Waals surface area contributed by atoms with Crippen molar-refractivity contribution in [2.75, 3.05) is 0 Å². The molecule has 0 aromatic carbocycles. The summed E-state index contributed by atoms with van der Waals surface area (Å²) >= 11 is 0. The van der Waals surface area contributed by atoms with Crippen molar-refractivity contribution in [3.05, 3.63) is 36.7 Å². The first-order valence-corrected chi connectivity index (χ1v) is 7.68. The monoisotopic (exact) mass is 193 g/mol. The van der Waals surface area contributed by atoms with Crippen molar-refractivity contribution in [3.63, 3.8) is 0 Å². The van der Waals surface area contributed by atoms with Gasteiger partial charge >= 0.3 is 0 Å². The fourth-order valence-corrected chi connectivity index (χ4v) is 1.81. The van der Waals surface area contributed by atoms with Crippen LogP contribution in [0, 0.1) is 0 Å². The third-order valence-electron chi connectivity index (χ3n) is 1.41. The Morgan fingerprint density at radius 2 is 2.15 bits per heavy atom. The molecule has 0 aliphatic heterocycles. The second-order valence-corrected chi connectivity index (χ2v) is 8.31. The van der Waals surface area contributed by atoms with Crippen molar-refractivity contribution in [1.82, 2.24) is 4.98 Å².